The van der Waals surface area contributed by atoms with E-state index in [1.165, 1.54) is 0 Å². The predicted molar refractivity (Wildman–Crippen MR) is 52.7 cm³/mol. The van der Waals surface area contributed by atoms with Crippen molar-refractivity contribution in [2.24, 2.45) is 5.92 Å². The monoisotopic (exact) mass is 156 g/mol. The molecular formula is C12H12. The predicted octanol–water partition coefficient (Wildman–Crippen LogP) is 2.86. The highest BCUT2D eigenvalue weighted by molar-refractivity contribution is 5.34. The fraction of sp³-hybridized carbons (Fsp3) is 0.167. The minimum atomic E-state index is 0.269. The van der Waals surface area contributed by atoms with Gasteiger partial charge in [-0.15, -0.1) is 6.58 Å². The Morgan fingerprint density at radius 1 is 1.33 bits per heavy atom. The minimum absolute atomic E-state index is 0.269. The van der Waals surface area contributed by atoms with E-state index in [-0.39, 0.29) is 5.92 Å². The van der Waals surface area contributed by atoms with Crippen LogP contribution in [0, 0.1) is 17.8 Å². The summed E-state index contributed by atoms with van der Waals surface area (Å²) in [5.41, 5.74) is 1.06. The summed E-state index contributed by atoms with van der Waals surface area (Å²) in [6.45, 7) is 5.70. The van der Waals surface area contributed by atoms with Crippen LogP contribution in [0.1, 0.15) is 12.5 Å². The van der Waals surface area contributed by atoms with Gasteiger partial charge in [-0.05, 0) is 19.1 Å². The quantitative estimate of drug-likeness (QED) is 0.433. The first-order valence-electron chi connectivity index (χ1n) is 4.02. The highest BCUT2D eigenvalue weighted by atomic mass is 13.9. The van der Waals surface area contributed by atoms with Gasteiger partial charge in [0.25, 0.3) is 0 Å². The standard InChI is InChI=1S/C12H12/c1-3-11(2)9-10-12-7-5-4-6-8-12/h3-8,11H,1H2,2H3/t11-/m0/s1. The number of hydrogen-bond donors (Lipinski definition) is 0. The Morgan fingerprint density at radius 2 is 2.00 bits per heavy atom. The molecule has 0 fully saturated rings. The summed E-state index contributed by atoms with van der Waals surface area (Å²) in [5.74, 6) is 6.42. The molecule has 0 heterocycles. The maximum absolute atomic E-state index is 3.67. The van der Waals surface area contributed by atoms with Crippen LogP contribution in [-0.4, -0.2) is 0 Å². The summed E-state index contributed by atoms with van der Waals surface area (Å²) in [7, 11) is 0. The third-order valence-electron chi connectivity index (χ3n) is 1.57. The second-order valence-corrected chi connectivity index (χ2v) is 2.66. The van der Waals surface area contributed by atoms with E-state index >= 15 is 0 Å². The lowest BCUT2D eigenvalue weighted by Gasteiger charge is -1.90. The average Bonchev–Trinajstić information content (AvgIpc) is 2.16. The van der Waals surface area contributed by atoms with E-state index in [1.54, 1.807) is 0 Å². The van der Waals surface area contributed by atoms with Gasteiger partial charge < -0.3 is 0 Å². The lowest BCUT2D eigenvalue weighted by Crippen LogP contribution is -1.81. The minimum Gasteiger partial charge on any atom is -0.102 e. The van der Waals surface area contributed by atoms with Gasteiger partial charge in [-0.25, -0.2) is 0 Å². The molecule has 0 aromatic heterocycles. The van der Waals surface area contributed by atoms with Crippen molar-refractivity contribution in [3.63, 3.8) is 0 Å². The highest BCUT2D eigenvalue weighted by Crippen LogP contribution is 1.97. The number of allylic oxidation sites excluding steroid dienone is 1. The fourth-order valence-electron chi connectivity index (χ4n) is 0.778. The van der Waals surface area contributed by atoms with Crippen LogP contribution in [0.25, 0.3) is 0 Å². The molecule has 0 nitrogen and oxygen atoms in total. The molecule has 0 saturated heterocycles. The van der Waals surface area contributed by atoms with E-state index in [0.29, 0.717) is 0 Å². The summed E-state index contributed by atoms with van der Waals surface area (Å²) in [6, 6.07) is 9.97. The van der Waals surface area contributed by atoms with Crippen molar-refractivity contribution in [3.8, 4) is 11.8 Å². The Morgan fingerprint density at radius 3 is 2.58 bits per heavy atom. The normalized spacial score (nSPS) is 11.1. The molecule has 0 heteroatoms. The van der Waals surface area contributed by atoms with Gasteiger partial charge in [0.15, 0.2) is 0 Å². The van der Waals surface area contributed by atoms with Gasteiger partial charge in [-0.3, -0.25) is 0 Å². The molecule has 1 aromatic rings. The third-order valence-corrected chi connectivity index (χ3v) is 1.57. The zero-order valence-corrected chi connectivity index (χ0v) is 7.25. The topological polar surface area (TPSA) is 0 Å². The maximum atomic E-state index is 3.67. The fourth-order valence-corrected chi connectivity index (χ4v) is 0.778. The second kappa shape index (κ2) is 4.41. The first-order valence-corrected chi connectivity index (χ1v) is 4.02. The van der Waals surface area contributed by atoms with Crippen LogP contribution in [-0.2, 0) is 0 Å². The Bertz CT molecular complexity index is 298. The molecule has 0 radical (unpaired) electrons. The van der Waals surface area contributed by atoms with Gasteiger partial charge >= 0.3 is 0 Å². The molecule has 0 aliphatic carbocycles. The summed E-state index contributed by atoms with van der Waals surface area (Å²) in [6.07, 6.45) is 1.84. The van der Waals surface area contributed by atoms with E-state index < -0.39 is 0 Å². The number of benzene rings is 1. The smallest absolute Gasteiger partial charge is 0.0355 e. The Hall–Kier alpha value is -1.48. The zero-order valence-electron chi connectivity index (χ0n) is 7.25. The van der Waals surface area contributed by atoms with E-state index in [1.807, 2.05) is 43.3 Å². The van der Waals surface area contributed by atoms with Crippen molar-refractivity contribution >= 4 is 0 Å². The Labute approximate surface area is 73.9 Å². The first kappa shape index (κ1) is 8.62. The molecule has 0 N–H and O–H groups in total. The van der Waals surface area contributed by atoms with Crippen LogP contribution in [0.3, 0.4) is 0 Å². The van der Waals surface area contributed by atoms with Crippen molar-refractivity contribution in [2.75, 3.05) is 0 Å². The van der Waals surface area contributed by atoms with Crippen molar-refractivity contribution in [3.05, 3.63) is 48.6 Å². The molecule has 0 bridgehead atoms. The van der Waals surface area contributed by atoms with E-state index in [9.17, 15) is 0 Å². The lowest BCUT2D eigenvalue weighted by molar-refractivity contribution is 0.985. The molecule has 1 atom stereocenters. The van der Waals surface area contributed by atoms with Gasteiger partial charge in [0, 0.05) is 11.5 Å². The highest BCUT2D eigenvalue weighted by Gasteiger charge is 1.85. The molecular weight excluding hydrogens is 144 g/mol. The Kier molecular flexibility index (Phi) is 3.17. The largest absolute Gasteiger partial charge is 0.102 e. The van der Waals surface area contributed by atoms with E-state index in [0.717, 1.165) is 5.56 Å². The summed E-state index contributed by atoms with van der Waals surface area (Å²) >= 11 is 0. The molecule has 1 aromatic carbocycles. The molecule has 60 valence electrons. The van der Waals surface area contributed by atoms with Crippen molar-refractivity contribution in [2.45, 2.75) is 6.92 Å². The second-order valence-electron chi connectivity index (χ2n) is 2.66. The van der Waals surface area contributed by atoms with Crippen LogP contribution in [0.15, 0.2) is 43.0 Å². The molecule has 0 amide bonds. The van der Waals surface area contributed by atoms with Gasteiger partial charge in [0.2, 0.25) is 0 Å². The van der Waals surface area contributed by atoms with E-state index in [2.05, 4.69) is 18.4 Å². The van der Waals surface area contributed by atoms with Crippen molar-refractivity contribution in [1.29, 1.82) is 0 Å². The van der Waals surface area contributed by atoms with Crippen LogP contribution in [0.4, 0.5) is 0 Å². The van der Waals surface area contributed by atoms with Crippen LogP contribution in [0.2, 0.25) is 0 Å². The molecule has 12 heavy (non-hydrogen) atoms. The Balaban J connectivity index is 2.73. The summed E-state index contributed by atoms with van der Waals surface area (Å²) < 4.78 is 0. The maximum Gasteiger partial charge on any atom is 0.0355 e. The summed E-state index contributed by atoms with van der Waals surface area (Å²) in [4.78, 5) is 0. The van der Waals surface area contributed by atoms with E-state index in [4.69, 9.17) is 0 Å². The number of rotatable bonds is 1. The van der Waals surface area contributed by atoms with Crippen LogP contribution < -0.4 is 0 Å². The van der Waals surface area contributed by atoms with Gasteiger partial charge in [-0.2, -0.15) is 0 Å². The summed E-state index contributed by atoms with van der Waals surface area (Å²) in [5, 5.41) is 0. The van der Waals surface area contributed by atoms with Crippen molar-refractivity contribution in [1.82, 2.24) is 0 Å². The molecule has 0 aliphatic rings. The average molecular weight is 156 g/mol. The van der Waals surface area contributed by atoms with Crippen LogP contribution in [0.5, 0.6) is 0 Å². The number of hydrogen-bond acceptors (Lipinski definition) is 0. The molecule has 0 saturated carbocycles. The van der Waals surface area contributed by atoms with Crippen LogP contribution >= 0.6 is 0 Å². The molecule has 0 unspecified atom stereocenters. The third kappa shape index (κ3) is 2.64. The SMILES string of the molecule is C=C[C@H](C)C#Cc1ccccc1. The van der Waals surface area contributed by atoms with Gasteiger partial charge in [0.05, 0.1) is 0 Å². The first-order chi connectivity index (χ1) is 5.83. The van der Waals surface area contributed by atoms with Crippen molar-refractivity contribution < 1.29 is 0 Å². The molecule has 0 spiro atoms. The zero-order chi connectivity index (χ0) is 8.81. The molecule has 1 rings (SSSR count). The lowest BCUT2D eigenvalue weighted by atomic mass is 10.1. The molecule has 0 aliphatic heterocycles. The van der Waals surface area contributed by atoms with Gasteiger partial charge in [-0.1, -0.05) is 36.1 Å². The van der Waals surface area contributed by atoms with Gasteiger partial charge in [0.1, 0.15) is 0 Å².